The van der Waals surface area contributed by atoms with E-state index >= 15 is 0 Å². The number of fused-ring (bicyclic) bond motifs is 1. The van der Waals surface area contributed by atoms with Gasteiger partial charge in [-0.15, -0.1) is 10.2 Å². The second-order valence-corrected chi connectivity index (χ2v) is 4.81. The van der Waals surface area contributed by atoms with Gasteiger partial charge in [0, 0.05) is 11.9 Å². The van der Waals surface area contributed by atoms with Gasteiger partial charge >= 0.3 is 6.03 Å². The van der Waals surface area contributed by atoms with Crippen LogP contribution in [-0.4, -0.2) is 20.6 Å². The van der Waals surface area contributed by atoms with E-state index < -0.39 is 6.03 Å². The number of benzene rings is 1. The highest BCUT2D eigenvalue weighted by atomic mass is 19.1. The van der Waals surface area contributed by atoms with Gasteiger partial charge in [-0.05, 0) is 43.3 Å². The number of hydrogen-bond acceptors (Lipinski definition) is 3. The number of carbonyl (C=O) groups is 1. The fourth-order valence-electron chi connectivity index (χ4n) is 2.12. The Morgan fingerprint density at radius 3 is 2.73 bits per heavy atom. The van der Waals surface area contributed by atoms with Gasteiger partial charge in [-0.1, -0.05) is 6.07 Å². The first kappa shape index (κ1) is 14.0. The standard InChI is InChI=1S/C15H14FN5O/c1-10(14-20-19-13-4-2-3-9-21(13)14)17-15(22)18-12-7-5-11(16)6-8-12/h2-10H,1H3,(H2,17,18,22). The third-order valence-electron chi connectivity index (χ3n) is 3.18. The Balaban J connectivity index is 1.69. The van der Waals surface area contributed by atoms with Gasteiger partial charge in [-0.2, -0.15) is 0 Å². The summed E-state index contributed by atoms with van der Waals surface area (Å²) in [5, 5.41) is 13.5. The van der Waals surface area contributed by atoms with Gasteiger partial charge in [0.05, 0.1) is 6.04 Å². The Morgan fingerprint density at radius 2 is 1.95 bits per heavy atom. The smallest absolute Gasteiger partial charge is 0.319 e. The highest BCUT2D eigenvalue weighted by Crippen LogP contribution is 2.13. The summed E-state index contributed by atoms with van der Waals surface area (Å²) < 4.78 is 14.6. The largest absolute Gasteiger partial charge is 0.328 e. The molecule has 0 bridgehead atoms. The maximum Gasteiger partial charge on any atom is 0.319 e. The maximum atomic E-state index is 12.8. The van der Waals surface area contributed by atoms with E-state index in [-0.39, 0.29) is 11.9 Å². The van der Waals surface area contributed by atoms with E-state index in [9.17, 15) is 9.18 Å². The molecular formula is C15H14FN5O. The summed E-state index contributed by atoms with van der Waals surface area (Å²) in [6.07, 6.45) is 1.83. The minimum absolute atomic E-state index is 0.335. The topological polar surface area (TPSA) is 71.3 Å². The normalized spacial score (nSPS) is 12.1. The molecule has 0 aliphatic rings. The van der Waals surface area contributed by atoms with Crippen molar-refractivity contribution in [3.05, 3.63) is 60.3 Å². The minimum Gasteiger partial charge on any atom is -0.328 e. The molecule has 1 unspecified atom stereocenters. The molecule has 2 heterocycles. The van der Waals surface area contributed by atoms with Crippen molar-refractivity contribution in [2.45, 2.75) is 13.0 Å². The molecule has 0 spiro atoms. The summed E-state index contributed by atoms with van der Waals surface area (Å²) in [7, 11) is 0. The lowest BCUT2D eigenvalue weighted by Gasteiger charge is -2.13. The van der Waals surface area contributed by atoms with E-state index in [2.05, 4.69) is 20.8 Å². The average molecular weight is 299 g/mol. The second kappa shape index (κ2) is 5.80. The van der Waals surface area contributed by atoms with Crippen LogP contribution in [0, 0.1) is 5.82 Å². The number of nitrogens with one attached hydrogen (secondary N) is 2. The summed E-state index contributed by atoms with van der Waals surface area (Å²) in [6, 6.07) is 10.4. The first-order chi connectivity index (χ1) is 10.6. The monoisotopic (exact) mass is 299 g/mol. The molecule has 3 aromatic rings. The van der Waals surface area contributed by atoms with Crippen LogP contribution in [-0.2, 0) is 0 Å². The zero-order chi connectivity index (χ0) is 15.5. The molecule has 2 amide bonds. The molecule has 3 rings (SSSR count). The number of amides is 2. The number of nitrogens with zero attached hydrogens (tertiary/aromatic N) is 3. The highest BCUT2D eigenvalue weighted by Gasteiger charge is 2.15. The Hall–Kier alpha value is -2.96. The lowest BCUT2D eigenvalue weighted by Crippen LogP contribution is -2.32. The third kappa shape index (κ3) is 2.88. The van der Waals surface area contributed by atoms with Crippen LogP contribution < -0.4 is 10.6 Å². The number of urea groups is 1. The molecular weight excluding hydrogens is 285 g/mol. The summed E-state index contributed by atoms with van der Waals surface area (Å²) in [5.74, 6) is 0.277. The minimum atomic E-state index is -0.396. The zero-order valence-electron chi connectivity index (χ0n) is 11.8. The van der Waals surface area contributed by atoms with Gasteiger partial charge in [-0.25, -0.2) is 9.18 Å². The zero-order valence-corrected chi connectivity index (χ0v) is 11.8. The summed E-state index contributed by atoms with van der Waals surface area (Å²) in [6.45, 7) is 1.81. The molecule has 7 heteroatoms. The van der Waals surface area contributed by atoms with E-state index in [1.54, 1.807) is 0 Å². The van der Waals surface area contributed by atoms with E-state index in [1.807, 2.05) is 35.7 Å². The van der Waals surface area contributed by atoms with Crippen molar-refractivity contribution in [1.82, 2.24) is 19.9 Å². The van der Waals surface area contributed by atoms with Crippen molar-refractivity contribution in [1.29, 1.82) is 0 Å². The van der Waals surface area contributed by atoms with E-state index in [0.717, 1.165) is 0 Å². The second-order valence-electron chi connectivity index (χ2n) is 4.81. The molecule has 1 atom stereocenters. The number of pyridine rings is 1. The molecule has 112 valence electrons. The fourth-order valence-corrected chi connectivity index (χ4v) is 2.12. The van der Waals surface area contributed by atoms with Crippen molar-refractivity contribution < 1.29 is 9.18 Å². The van der Waals surface area contributed by atoms with Gasteiger partial charge in [-0.3, -0.25) is 4.40 Å². The summed E-state index contributed by atoms with van der Waals surface area (Å²) in [5.41, 5.74) is 1.22. The Morgan fingerprint density at radius 1 is 1.18 bits per heavy atom. The average Bonchev–Trinajstić information content (AvgIpc) is 2.93. The lowest BCUT2D eigenvalue weighted by atomic mass is 10.3. The van der Waals surface area contributed by atoms with Crippen molar-refractivity contribution in [2.75, 3.05) is 5.32 Å². The first-order valence-electron chi connectivity index (χ1n) is 6.76. The number of anilines is 1. The number of rotatable bonds is 3. The summed E-state index contributed by atoms with van der Waals surface area (Å²) >= 11 is 0. The predicted octanol–water partition coefficient (Wildman–Crippen LogP) is 2.75. The number of hydrogen-bond donors (Lipinski definition) is 2. The molecule has 0 aliphatic heterocycles. The number of aromatic nitrogens is 3. The number of carbonyl (C=O) groups excluding carboxylic acids is 1. The molecule has 0 aliphatic carbocycles. The van der Waals surface area contributed by atoms with Crippen LogP contribution in [0.15, 0.2) is 48.7 Å². The van der Waals surface area contributed by atoms with Crippen LogP contribution in [0.1, 0.15) is 18.8 Å². The number of halogens is 1. The van der Waals surface area contributed by atoms with Gasteiger partial charge in [0.2, 0.25) is 0 Å². The Labute approximate surface area is 126 Å². The van der Waals surface area contributed by atoms with Crippen molar-refractivity contribution in [2.24, 2.45) is 0 Å². The van der Waals surface area contributed by atoms with Crippen LogP contribution in [0.25, 0.3) is 5.65 Å². The lowest BCUT2D eigenvalue weighted by molar-refractivity contribution is 0.249. The van der Waals surface area contributed by atoms with E-state index in [4.69, 9.17) is 0 Å². The van der Waals surface area contributed by atoms with Crippen molar-refractivity contribution >= 4 is 17.4 Å². The van der Waals surface area contributed by atoms with E-state index in [1.165, 1.54) is 24.3 Å². The Bertz CT molecular complexity index is 799. The summed E-state index contributed by atoms with van der Waals surface area (Å²) in [4.78, 5) is 12.0. The van der Waals surface area contributed by atoms with E-state index in [0.29, 0.717) is 17.2 Å². The molecule has 2 aromatic heterocycles. The molecule has 0 radical (unpaired) electrons. The van der Waals surface area contributed by atoms with Gasteiger partial charge in [0.25, 0.3) is 0 Å². The fraction of sp³-hybridized carbons (Fsp3) is 0.133. The van der Waals surface area contributed by atoms with Crippen LogP contribution in [0.4, 0.5) is 14.9 Å². The highest BCUT2D eigenvalue weighted by molar-refractivity contribution is 5.89. The van der Waals surface area contributed by atoms with Crippen molar-refractivity contribution in [3.8, 4) is 0 Å². The molecule has 1 aromatic carbocycles. The quantitative estimate of drug-likeness (QED) is 0.781. The van der Waals surface area contributed by atoms with Crippen LogP contribution in [0.2, 0.25) is 0 Å². The first-order valence-corrected chi connectivity index (χ1v) is 6.76. The third-order valence-corrected chi connectivity index (χ3v) is 3.18. The molecule has 6 nitrogen and oxygen atoms in total. The molecule has 0 saturated carbocycles. The van der Waals surface area contributed by atoms with Crippen molar-refractivity contribution in [3.63, 3.8) is 0 Å². The van der Waals surface area contributed by atoms with Crippen LogP contribution in [0.3, 0.4) is 0 Å². The maximum absolute atomic E-state index is 12.8. The molecule has 0 saturated heterocycles. The SMILES string of the molecule is CC(NC(=O)Nc1ccc(F)cc1)c1nnc2ccccn12. The molecule has 22 heavy (non-hydrogen) atoms. The van der Waals surface area contributed by atoms with Gasteiger partial charge in [0.15, 0.2) is 11.5 Å². The van der Waals surface area contributed by atoms with Gasteiger partial charge < -0.3 is 10.6 Å². The van der Waals surface area contributed by atoms with Gasteiger partial charge in [0.1, 0.15) is 5.82 Å². The molecule has 2 N–H and O–H groups in total. The van der Waals surface area contributed by atoms with Crippen LogP contribution >= 0.6 is 0 Å². The predicted molar refractivity (Wildman–Crippen MR) is 80.0 cm³/mol. The molecule has 0 fully saturated rings. The van der Waals surface area contributed by atoms with Crippen LogP contribution in [0.5, 0.6) is 0 Å². The Kier molecular flexibility index (Phi) is 3.69.